The van der Waals surface area contributed by atoms with Crippen LogP contribution < -0.4 is 5.32 Å². The highest BCUT2D eigenvalue weighted by molar-refractivity contribution is 7.12. The third kappa shape index (κ3) is 2.26. The van der Waals surface area contributed by atoms with Gasteiger partial charge in [-0.2, -0.15) is 0 Å². The number of aryl methyl sites for hydroxylation is 2. The van der Waals surface area contributed by atoms with E-state index in [-0.39, 0.29) is 0 Å². The van der Waals surface area contributed by atoms with E-state index in [2.05, 4.69) is 32.2 Å². The summed E-state index contributed by atoms with van der Waals surface area (Å²) in [6.07, 6.45) is 4.25. The molecule has 1 nitrogen and oxygen atoms in total. The molecule has 0 aliphatic heterocycles. The van der Waals surface area contributed by atoms with Crippen LogP contribution in [0.4, 0.5) is 0 Å². The first-order chi connectivity index (χ1) is 7.22. The van der Waals surface area contributed by atoms with Gasteiger partial charge in [0.05, 0.1) is 0 Å². The van der Waals surface area contributed by atoms with E-state index in [1.54, 1.807) is 4.88 Å². The van der Waals surface area contributed by atoms with Crippen molar-refractivity contribution in [3.63, 3.8) is 0 Å². The topological polar surface area (TPSA) is 12.0 Å². The van der Waals surface area contributed by atoms with E-state index in [0.29, 0.717) is 6.04 Å². The predicted octanol–water partition coefficient (Wildman–Crippen LogP) is 3.82. The minimum atomic E-state index is 0.626. The first-order valence-electron chi connectivity index (χ1n) is 6.02. The molecule has 1 heterocycles. The van der Waals surface area contributed by atoms with E-state index in [1.165, 1.54) is 29.7 Å². The molecule has 84 valence electrons. The van der Waals surface area contributed by atoms with Crippen molar-refractivity contribution in [3.05, 3.63) is 21.4 Å². The zero-order chi connectivity index (χ0) is 10.8. The van der Waals surface area contributed by atoms with E-state index < -0.39 is 0 Å². The minimum Gasteiger partial charge on any atom is -0.309 e. The molecule has 1 unspecified atom stereocenters. The van der Waals surface area contributed by atoms with Crippen LogP contribution in [0.25, 0.3) is 0 Å². The molecule has 1 fully saturated rings. The van der Waals surface area contributed by atoms with Crippen molar-refractivity contribution in [2.75, 3.05) is 6.54 Å². The normalized spacial score (nSPS) is 18.9. The SMILES string of the molecule is CCNC(c1cc(C)c(C)s1)C1CCC1. The Morgan fingerprint density at radius 2 is 2.20 bits per heavy atom. The summed E-state index contributed by atoms with van der Waals surface area (Å²) in [5.74, 6) is 0.891. The lowest BCUT2D eigenvalue weighted by Gasteiger charge is -2.33. The van der Waals surface area contributed by atoms with Gasteiger partial charge in [0.15, 0.2) is 0 Å². The first-order valence-corrected chi connectivity index (χ1v) is 6.84. The fourth-order valence-electron chi connectivity index (χ4n) is 2.25. The van der Waals surface area contributed by atoms with Crippen molar-refractivity contribution < 1.29 is 0 Å². The highest BCUT2D eigenvalue weighted by Crippen LogP contribution is 2.40. The van der Waals surface area contributed by atoms with Gasteiger partial charge in [-0.15, -0.1) is 11.3 Å². The molecule has 0 amide bonds. The molecule has 15 heavy (non-hydrogen) atoms. The summed E-state index contributed by atoms with van der Waals surface area (Å²) in [5, 5.41) is 3.65. The molecule has 2 rings (SSSR count). The Hall–Kier alpha value is -0.340. The van der Waals surface area contributed by atoms with E-state index in [1.807, 2.05) is 11.3 Å². The number of nitrogens with one attached hydrogen (secondary N) is 1. The lowest BCUT2D eigenvalue weighted by molar-refractivity contribution is 0.236. The van der Waals surface area contributed by atoms with Gasteiger partial charge >= 0.3 is 0 Å². The predicted molar refractivity (Wildman–Crippen MR) is 67.6 cm³/mol. The monoisotopic (exact) mass is 223 g/mol. The Balaban J connectivity index is 2.15. The van der Waals surface area contributed by atoms with Crippen molar-refractivity contribution in [2.45, 2.75) is 46.1 Å². The van der Waals surface area contributed by atoms with Gasteiger partial charge in [0.2, 0.25) is 0 Å². The van der Waals surface area contributed by atoms with Crippen LogP contribution in [0.3, 0.4) is 0 Å². The van der Waals surface area contributed by atoms with Crippen LogP contribution >= 0.6 is 11.3 Å². The van der Waals surface area contributed by atoms with Crippen LogP contribution in [-0.4, -0.2) is 6.54 Å². The number of hydrogen-bond donors (Lipinski definition) is 1. The lowest BCUT2D eigenvalue weighted by atomic mass is 9.79. The molecule has 0 aromatic carbocycles. The zero-order valence-corrected chi connectivity index (χ0v) is 10.8. The molecule has 1 aliphatic rings. The van der Waals surface area contributed by atoms with Gasteiger partial charge in [-0.05, 0) is 50.8 Å². The molecular weight excluding hydrogens is 202 g/mol. The van der Waals surface area contributed by atoms with Gasteiger partial charge in [-0.25, -0.2) is 0 Å². The average molecular weight is 223 g/mol. The molecule has 0 radical (unpaired) electrons. The average Bonchev–Trinajstić information content (AvgIpc) is 2.43. The Labute approximate surface area is 96.9 Å². The van der Waals surface area contributed by atoms with Crippen molar-refractivity contribution in [2.24, 2.45) is 5.92 Å². The van der Waals surface area contributed by atoms with E-state index in [9.17, 15) is 0 Å². The third-order valence-corrected chi connectivity index (χ3v) is 4.77. The van der Waals surface area contributed by atoms with Crippen molar-refractivity contribution >= 4 is 11.3 Å². The number of rotatable bonds is 4. The van der Waals surface area contributed by atoms with Crippen molar-refractivity contribution in [1.29, 1.82) is 0 Å². The Morgan fingerprint density at radius 3 is 2.60 bits per heavy atom. The second-order valence-electron chi connectivity index (χ2n) is 4.61. The van der Waals surface area contributed by atoms with Crippen molar-refractivity contribution in [1.82, 2.24) is 5.32 Å². The van der Waals surface area contributed by atoms with E-state index in [4.69, 9.17) is 0 Å². The molecule has 1 atom stereocenters. The molecule has 1 aromatic heterocycles. The molecule has 1 aliphatic carbocycles. The van der Waals surface area contributed by atoms with Crippen molar-refractivity contribution in [3.8, 4) is 0 Å². The number of hydrogen-bond acceptors (Lipinski definition) is 2. The maximum atomic E-state index is 3.65. The van der Waals surface area contributed by atoms with Gasteiger partial charge in [0.25, 0.3) is 0 Å². The van der Waals surface area contributed by atoms with Crippen LogP contribution in [0, 0.1) is 19.8 Å². The molecule has 0 spiro atoms. The zero-order valence-electron chi connectivity index (χ0n) is 9.97. The van der Waals surface area contributed by atoms with Gasteiger partial charge < -0.3 is 5.32 Å². The highest BCUT2D eigenvalue weighted by atomic mass is 32.1. The molecule has 0 bridgehead atoms. The van der Waals surface area contributed by atoms with Crippen LogP contribution in [0.2, 0.25) is 0 Å². The number of thiophene rings is 1. The fourth-order valence-corrected chi connectivity index (χ4v) is 3.46. The summed E-state index contributed by atoms with van der Waals surface area (Å²) in [5.41, 5.74) is 1.46. The fraction of sp³-hybridized carbons (Fsp3) is 0.692. The van der Waals surface area contributed by atoms with Gasteiger partial charge in [-0.1, -0.05) is 13.3 Å². The Bertz CT molecular complexity index is 306. The van der Waals surface area contributed by atoms with Crippen LogP contribution in [0.15, 0.2) is 6.07 Å². The summed E-state index contributed by atoms with van der Waals surface area (Å²) >= 11 is 1.98. The maximum Gasteiger partial charge on any atom is 0.0443 e. The lowest BCUT2D eigenvalue weighted by Crippen LogP contribution is -2.31. The standard InChI is InChI=1S/C13H21NS/c1-4-14-13(11-6-5-7-11)12-8-9(2)10(3)15-12/h8,11,13-14H,4-7H2,1-3H3. The summed E-state index contributed by atoms with van der Waals surface area (Å²) in [6, 6.07) is 3.01. The Morgan fingerprint density at radius 1 is 1.47 bits per heavy atom. The van der Waals surface area contributed by atoms with Crippen LogP contribution in [-0.2, 0) is 0 Å². The summed E-state index contributed by atoms with van der Waals surface area (Å²) in [6.45, 7) is 7.74. The molecule has 0 saturated heterocycles. The first kappa shape index (κ1) is 11.2. The summed E-state index contributed by atoms with van der Waals surface area (Å²) in [7, 11) is 0. The van der Waals surface area contributed by atoms with Gasteiger partial charge in [0, 0.05) is 15.8 Å². The molecule has 1 N–H and O–H groups in total. The molecule has 2 heteroatoms. The second-order valence-corrected chi connectivity index (χ2v) is 5.90. The summed E-state index contributed by atoms with van der Waals surface area (Å²) < 4.78 is 0. The van der Waals surface area contributed by atoms with Gasteiger partial charge in [0.1, 0.15) is 0 Å². The third-order valence-electron chi connectivity index (χ3n) is 3.54. The van der Waals surface area contributed by atoms with E-state index >= 15 is 0 Å². The van der Waals surface area contributed by atoms with Crippen LogP contribution in [0.5, 0.6) is 0 Å². The molecular formula is C13H21NS. The van der Waals surface area contributed by atoms with E-state index in [0.717, 1.165) is 12.5 Å². The van der Waals surface area contributed by atoms with Gasteiger partial charge in [-0.3, -0.25) is 0 Å². The highest BCUT2D eigenvalue weighted by Gasteiger charge is 2.28. The minimum absolute atomic E-state index is 0.626. The maximum absolute atomic E-state index is 3.65. The largest absolute Gasteiger partial charge is 0.309 e. The quantitative estimate of drug-likeness (QED) is 0.818. The second kappa shape index (κ2) is 4.67. The summed E-state index contributed by atoms with van der Waals surface area (Å²) in [4.78, 5) is 3.03. The molecule has 1 aromatic rings. The molecule has 1 saturated carbocycles. The van der Waals surface area contributed by atoms with Crippen LogP contribution in [0.1, 0.15) is 47.5 Å². The smallest absolute Gasteiger partial charge is 0.0443 e. The Kier molecular flexibility index (Phi) is 3.47.